The highest BCUT2D eigenvalue weighted by molar-refractivity contribution is 7.88. The third-order valence-corrected chi connectivity index (χ3v) is 9.01. The van der Waals surface area contributed by atoms with Gasteiger partial charge in [0.15, 0.2) is 11.5 Å². The molecule has 0 spiro atoms. The summed E-state index contributed by atoms with van der Waals surface area (Å²) in [6.45, 7) is 1.80. The molecule has 4 aromatic heterocycles. The van der Waals surface area contributed by atoms with Crippen molar-refractivity contribution in [2.45, 2.75) is 38.8 Å². The third-order valence-electron chi connectivity index (χ3n) is 8.34. The average molecular weight is 625 g/mol. The Morgan fingerprint density at radius 2 is 1.80 bits per heavy atom. The summed E-state index contributed by atoms with van der Waals surface area (Å²) in [5, 5.41) is 12.2. The lowest BCUT2D eigenvalue weighted by Crippen LogP contribution is -2.21. The SMILES string of the molecule is CS(=O)(=O)NCc1cc(F)cc(-c2ccnc3[nH]c(-c4n[nH]c5ccc(-c6cncc(CNCC7CCCC7)c6)cc45)nc23)c1. The van der Waals surface area contributed by atoms with Crippen molar-refractivity contribution in [2.75, 3.05) is 12.8 Å². The number of hydrogen-bond acceptors (Lipinski definition) is 7. The van der Waals surface area contributed by atoms with E-state index in [2.05, 4.69) is 53.4 Å². The molecular weight excluding hydrogens is 591 g/mol. The molecule has 0 aliphatic heterocycles. The molecule has 2 aromatic carbocycles. The fourth-order valence-corrected chi connectivity index (χ4v) is 6.56. The van der Waals surface area contributed by atoms with Crippen LogP contribution < -0.4 is 10.0 Å². The molecule has 1 aliphatic carbocycles. The lowest BCUT2D eigenvalue weighted by atomic mass is 10.0. The molecule has 10 nitrogen and oxygen atoms in total. The van der Waals surface area contributed by atoms with E-state index in [9.17, 15) is 12.8 Å². The van der Waals surface area contributed by atoms with Crippen molar-refractivity contribution in [1.82, 2.24) is 40.2 Å². The Morgan fingerprint density at radius 3 is 2.64 bits per heavy atom. The maximum absolute atomic E-state index is 14.6. The van der Waals surface area contributed by atoms with E-state index in [1.807, 2.05) is 18.5 Å². The number of imidazole rings is 1. The average Bonchev–Trinajstić information content (AvgIpc) is 3.79. The maximum Gasteiger partial charge on any atom is 0.209 e. The van der Waals surface area contributed by atoms with Gasteiger partial charge < -0.3 is 10.3 Å². The van der Waals surface area contributed by atoms with Gasteiger partial charge in [0.05, 0.1) is 11.8 Å². The Bertz CT molecular complexity index is 2120. The van der Waals surface area contributed by atoms with Gasteiger partial charge in [-0.3, -0.25) is 10.1 Å². The number of aromatic amines is 2. The molecule has 4 heterocycles. The minimum atomic E-state index is -3.43. The van der Waals surface area contributed by atoms with Crippen molar-refractivity contribution >= 4 is 32.1 Å². The van der Waals surface area contributed by atoms with E-state index in [1.165, 1.54) is 37.8 Å². The van der Waals surface area contributed by atoms with E-state index in [0.717, 1.165) is 52.9 Å². The first-order valence-corrected chi connectivity index (χ1v) is 16.9. The molecule has 0 unspecified atom stereocenters. The van der Waals surface area contributed by atoms with E-state index in [-0.39, 0.29) is 6.54 Å². The van der Waals surface area contributed by atoms with Gasteiger partial charge in [-0.05, 0) is 90.0 Å². The molecule has 0 amide bonds. The Labute approximate surface area is 260 Å². The lowest BCUT2D eigenvalue weighted by Gasteiger charge is -2.11. The molecule has 1 aliphatic rings. The number of halogens is 1. The van der Waals surface area contributed by atoms with Crippen molar-refractivity contribution in [3.05, 3.63) is 84.1 Å². The Balaban J connectivity index is 1.19. The number of fused-ring (bicyclic) bond motifs is 2. The summed E-state index contributed by atoms with van der Waals surface area (Å²) in [7, 11) is -3.43. The highest BCUT2D eigenvalue weighted by atomic mass is 32.2. The number of nitrogens with one attached hydrogen (secondary N) is 4. The summed E-state index contributed by atoms with van der Waals surface area (Å²) in [4.78, 5) is 17.1. The lowest BCUT2D eigenvalue weighted by molar-refractivity contribution is 0.489. The van der Waals surface area contributed by atoms with Crippen LogP contribution in [-0.4, -0.2) is 51.4 Å². The highest BCUT2D eigenvalue weighted by Gasteiger charge is 2.18. The molecule has 4 N–H and O–H groups in total. The van der Waals surface area contributed by atoms with Gasteiger partial charge in [-0.15, -0.1) is 0 Å². The molecule has 6 aromatic rings. The van der Waals surface area contributed by atoms with E-state index >= 15 is 0 Å². The third kappa shape index (κ3) is 6.48. The number of sulfonamides is 1. The van der Waals surface area contributed by atoms with Crippen LogP contribution in [0.15, 0.2) is 67.1 Å². The van der Waals surface area contributed by atoms with E-state index in [1.54, 1.807) is 18.3 Å². The zero-order valence-corrected chi connectivity index (χ0v) is 25.6. The van der Waals surface area contributed by atoms with Crippen molar-refractivity contribution in [3.63, 3.8) is 0 Å². The number of hydrogen-bond donors (Lipinski definition) is 4. The molecule has 0 saturated heterocycles. The van der Waals surface area contributed by atoms with Gasteiger partial charge in [0, 0.05) is 48.2 Å². The van der Waals surface area contributed by atoms with Gasteiger partial charge in [0.2, 0.25) is 10.0 Å². The number of pyridine rings is 2. The second-order valence-electron chi connectivity index (χ2n) is 11.8. The predicted molar refractivity (Wildman–Crippen MR) is 173 cm³/mol. The van der Waals surface area contributed by atoms with Crippen molar-refractivity contribution in [1.29, 1.82) is 0 Å². The Hall–Kier alpha value is -4.52. The normalized spacial score (nSPS) is 14.2. The highest BCUT2D eigenvalue weighted by Crippen LogP contribution is 2.33. The smallest absolute Gasteiger partial charge is 0.209 e. The molecular formula is C33H33FN8O2S. The summed E-state index contributed by atoms with van der Waals surface area (Å²) in [5.74, 6) is 0.822. The van der Waals surface area contributed by atoms with Crippen LogP contribution in [-0.2, 0) is 23.1 Å². The number of rotatable bonds is 10. The van der Waals surface area contributed by atoms with Crippen LogP contribution in [0.5, 0.6) is 0 Å². The molecule has 45 heavy (non-hydrogen) atoms. The van der Waals surface area contributed by atoms with Crippen LogP contribution in [0.25, 0.3) is 55.8 Å². The maximum atomic E-state index is 14.6. The summed E-state index contributed by atoms with van der Waals surface area (Å²) in [6, 6.07) is 14.5. The van der Waals surface area contributed by atoms with Gasteiger partial charge in [0.1, 0.15) is 17.0 Å². The van der Waals surface area contributed by atoms with Crippen LogP contribution in [0.1, 0.15) is 36.8 Å². The Kier molecular flexibility index (Phi) is 7.86. The quantitative estimate of drug-likeness (QED) is 0.153. The first-order chi connectivity index (χ1) is 21.8. The molecule has 12 heteroatoms. The fourth-order valence-electron chi connectivity index (χ4n) is 6.13. The zero-order chi connectivity index (χ0) is 31.0. The Morgan fingerprint density at radius 1 is 0.956 bits per heavy atom. The minimum absolute atomic E-state index is 0.0271. The van der Waals surface area contributed by atoms with Crippen LogP contribution in [0.3, 0.4) is 0 Å². The molecule has 0 radical (unpaired) electrons. The van der Waals surface area contributed by atoms with Gasteiger partial charge in [-0.25, -0.2) is 27.5 Å². The summed E-state index contributed by atoms with van der Waals surface area (Å²) in [5.41, 5.74) is 7.45. The monoisotopic (exact) mass is 624 g/mol. The summed E-state index contributed by atoms with van der Waals surface area (Å²) >= 11 is 0. The van der Waals surface area contributed by atoms with Gasteiger partial charge in [-0.1, -0.05) is 18.9 Å². The first-order valence-electron chi connectivity index (χ1n) is 15.0. The zero-order valence-electron chi connectivity index (χ0n) is 24.8. The predicted octanol–water partition coefficient (Wildman–Crippen LogP) is 5.70. The fraction of sp³-hybridized carbons (Fsp3) is 0.273. The number of nitrogens with zero attached hydrogens (tertiary/aromatic N) is 4. The number of benzene rings is 2. The number of H-pyrrole nitrogens is 2. The van der Waals surface area contributed by atoms with Crippen molar-refractivity contribution < 1.29 is 12.8 Å². The molecule has 1 fully saturated rings. The van der Waals surface area contributed by atoms with Crippen LogP contribution in [0.4, 0.5) is 4.39 Å². The molecule has 0 bridgehead atoms. The van der Waals surface area contributed by atoms with Crippen molar-refractivity contribution in [2.24, 2.45) is 5.92 Å². The van der Waals surface area contributed by atoms with E-state index < -0.39 is 15.8 Å². The van der Waals surface area contributed by atoms with Crippen LogP contribution in [0.2, 0.25) is 0 Å². The van der Waals surface area contributed by atoms with E-state index in [0.29, 0.717) is 39.4 Å². The molecule has 1 saturated carbocycles. The van der Waals surface area contributed by atoms with Gasteiger partial charge in [0.25, 0.3) is 0 Å². The largest absolute Gasteiger partial charge is 0.321 e. The number of aromatic nitrogens is 6. The molecule has 0 atom stereocenters. The molecule has 7 rings (SSSR count). The first kappa shape index (κ1) is 29.2. The minimum Gasteiger partial charge on any atom is -0.321 e. The summed E-state index contributed by atoms with van der Waals surface area (Å²) in [6.07, 6.45) is 11.8. The summed E-state index contributed by atoms with van der Waals surface area (Å²) < 4.78 is 40.2. The van der Waals surface area contributed by atoms with Crippen LogP contribution in [0, 0.1) is 11.7 Å². The topological polar surface area (TPSA) is 141 Å². The van der Waals surface area contributed by atoms with E-state index in [4.69, 9.17) is 4.98 Å². The second kappa shape index (κ2) is 12.1. The molecule has 230 valence electrons. The van der Waals surface area contributed by atoms with Gasteiger partial charge >= 0.3 is 0 Å². The van der Waals surface area contributed by atoms with Crippen LogP contribution >= 0.6 is 0 Å². The second-order valence-corrected chi connectivity index (χ2v) is 13.6. The van der Waals surface area contributed by atoms with Crippen molar-refractivity contribution in [3.8, 4) is 33.8 Å². The standard InChI is InChI=1S/C33H33FN8O2S/c1-45(43,44)38-18-21-10-24(13-26(34)12-21)27-8-9-37-32-30(27)39-33(40-32)31-28-14-23(6-7-29(28)41-42-31)25-11-22(17-36-19-25)16-35-15-20-4-2-3-5-20/h6-14,17,19-20,35,38H,2-5,15-16,18H2,1H3,(H,41,42)(H,37,39,40). The van der Waals surface area contributed by atoms with Gasteiger partial charge in [-0.2, -0.15) is 5.10 Å².